The van der Waals surface area contributed by atoms with Crippen LogP contribution in [0.15, 0.2) is 0 Å². The number of amides is 2. The standard InChI is InChI=1S/C10H20N4O/c1-3-13(2)10(15)14-7-5-4-6-8(14)9(11)12/h8H,3-7H2,1-2H3,(H3,11,12). The Morgan fingerprint density at radius 2 is 2.27 bits per heavy atom. The number of hydrogen-bond donors (Lipinski definition) is 2. The van der Waals surface area contributed by atoms with Crippen molar-refractivity contribution in [3.8, 4) is 0 Å². The maximum atomic E-state index is 11.9. The Bertz CT molecular complexity index is 254. The van der Waals surface area contributed by atoms with E-state index in [2.05, 4.69) is 0 Å². The van der Waals surface area contributed by atoms with Gasteiger partial charge in [-0.3, -0.25) is 5.41 Å². The van der Waals surface area contributed by atoms with Crippen molar-refractivity contribution in [2.24, 2.45) is 5.73 Å². The van der Waals surface area contributed by atoms with Crippen molar-refractivity contribution >= 4 is 11.9 Å². The number of carbonyl (C=O) groups excluding carboxylic acids is 1. The molecule has 1 rings (SSSR count). The van der Waals surface area contributed by atoms with Gasteiger partial charge in [0.2, 0.25) is 0 Å². The molecule has 1 aliphatic heterocycles. The van der Waals surface area contributed by atoms with Crippen LogP contribution in [-0.2, 0) is 0 Å². The van der Waals surface area contributed by atoms with Gasteiger partial charge < -0.3 is 15.5 Å². The summed E-state index contributed by atoms with van der Waals surface area (Å²) in [5.41, 5.74) is 5.51. The van der Waals surface area contributed by atoms with E-state index in [0.29, 0.717) is 13.1 Å². The summed E-state index contributed by atoms with van der Waals surface area (Å²) < 4.78 is 0. The summed E-state index contributed by atoms with van der Waals surface area (Å²) in [5, 5.41) is 7.48. The van der Waals surface area contributed by atoms with Gasteiger partial charge in [0.1, 0.15) is 5.84 Å². The van der Waals surface area contributed by atoms with Crippen molar-refractivity contribution in [1.82, 2.24) is 9.80 Å². The highest BCUT2D eigenvalue weighted by Gasteiger charge is 2.29. The molecule has 3 N–H and O–H groups in total. The fraction of sp³-hybridized carbons (Fsp3) is 0.800. The molecule has 0 spiro atoms. The quantitative estimate of drug-likeness (QED) is 0.526. The van der Waals surface area contributed by atoms with Crippen LogP contribution in [0.2, 0.25) is 0 Å². The van der Waals surface area contributed by atoms with Crippen molar-refractivity contribution in [3.63, 3.8) is 0 Å². The van der Waals surface area contributed by atoms with Gasteiger partial charge in [-0.1, -0.05) is 0 Å². The van der Waals surface area contributed by atoms with Gasteiger partial charge in [0.05, 0.1) is 6.04 Å². The Kier molecular flexibility index (Phi) is 3.94. The lowest BCUT2D eigenvalue weighted by atomic mass is 10.0. The third-order valence-corrected chi connectivity index (χ3v) is 2.91. The predicted molar refractivity (Wildman–Crippen MR) is 60.0 cm³/mol. The Labute approximate surface area is 90.7 Å². The highest BCUT2D eigenvalue weighted by atomic mass is 16.2. The molecule has 86 valence electrons. The number of amidine groups is 1. The zero-order valence-electron chi connectivity index (χ0n) is 9.49. The predicted octanol–water partition coefficient (Wildman–Crippen LogP) is 0.849. The number of nitrogens with two attached hydrogens (primary N) is 1. The summed E-state index contributed by atoms with van der Waals surface area (Å²) in [6.07, 6.45) is 2.87. The normalized spacial score (nSPS) is 21.2. The number of likely N-dealkylation sites (tertiary alicyclic amines) is 1. The lowest BCUT2D eigenvalue weighted by Crippen LogP contribution is -2.53. The minimum atomic E-state index is -0.194. The van der Waals surface area contributed by atoms with E-state index in [1.165, 1.54) is 0 Å². The third-order valence-electron chi connectivity index (χ3n) is 2.91. The molecule has 1 aliphatic rings. The zero-order valence-corrected chi connectivity index (χ0v) is 9.49. The minimum Gasteiger partial charge on any atom is -0.386 e. The Morgan fingerprint density at radius 1 is 1.60 bits per heavy atom. The van der Waals surface area contributed by atoms with Crippen molar-refractivity contribution < 1.29 is 4.79 Å². The van der Waals surface area contributed by atoms with E-state index in [0.717, 1.165) is 19.3 Å². The van der Waals surface area contributed by atoms with Crippen molar-refractivity contribution in [2.75, 3.05) is 20.1 Å². The van der Waals surface area contributed by atoms with E-state index < -0.39 is 0 Å². The van der Waals surface area contributed by atoms with E-state index in [4.69, 9.17) is 11.1 Å². The van der Waals surface area contributed by atoms with Gasteiger partial charge in [0.15, 0.2) is 0 Å². The van der Waals surface area contributed by atoms with Gasteiger partial charge in [-0.2, -0.15) is 0 Å². The molecule has 0 aromatic heterocycles. The van der Waals surface area contributed by atoms with Gasteiger partial charge >= 0.3 is 6.03 Å². The molecule has 1 unspecified atom stereocenters. The summed E-state index contributed by atoms with van der Waals surface area (Å²) in [6, 6.07) is -0.211. The summed E-state index contributed by atoms with van der Waals surface area (Å²) in [5.74, 6) is 0.104. The molecule has 1 fully saturated rings. The molecule has 5 heteroatoms. The van der Waals surface area contributed by atoms with E-state index >= 15 is 0 Å². The molecule has 0 aromatic carbocycles. The van der Waals surface area contributed by atoms with Gasteiger partial charge in [-0.05, 0) is 26.2 Å². The summed E-state index contributed by atoms with van der Waals surface area (Å²) >= 11 is 0. The molecule has 1 saturated heterocycles. The molecule has 1 atom stereocenters. The first kappa shape index (κ1) is 11.8. The average Bonchev–Trinajstić information content (AvgIpc) is 2.27. The van der Waals surface area contributed by atoms with Crippen molar-refractivity contribution in [1.29, 1.82) is 5.41 Å². The average molecular weight is 212 g/mol. The fourth-order valence-electron chi connectivity index (χ4n) is 1.84. The third kappa shape index (κ3) is 2.61. The number of nitrogens with one attached hydrogen (secondary N) is 1. The van der Waals surface area contributed by atoms with Crippen LogP contribution in [-0.4, -0.2) is 47.8 Å². The van der Waals surface area contributed by atoms with Crippen LogP contribution in [0.1, 0.15) is 26.2 Å². The zero-order chi connectivity index (χ0) is 11.4. The molecule has 5 nitrogen and oxygen atoms in total. The smallest absolute Gasteiger partial charge is 0.320 e. The van der Waals surface area contributed by atoms with Gasteiger partial charge in [0.25, 0.3) is 0 Å². The van der Waals surface area contributed by atoms with Crippen LogP contribution in [0.25, 0.3) is 0 Å². The summed E-state index contributed by atoms with van der Waals surface area (Å²) in [6.45, 7) is 3.33. The Hall–Kier alpha value is -1.26. The van der Waals surface area contributed by atoms with Crippen LogP contribution in [0, 0.1) is 5.41 Å². The fourth-order valence-corrected chi connectivity index (χ4v) is 1.84. The molecule has 1 heterocycles. The Balaban J connectivity index is 2.71. The van der Waals surface area contributed by atoms with E-state index in [-0.39, 0.29) is 17.9 Å². The lowest BCUT2D eigenvalue weighted by Gasteiger charge is -2.37. The van der Waals surface area contributed by atoms with Crippen LogP contribution in [0.4, 0.5) is 4.79 Å². The van der Waals surface area contributed by atoms with Crippen LogP contribution < -0.4 is 5.73 Å². The maximum Gasteiger partial charge on any atom is 0.320 e. The molecule has 15 heavy (non-hydrogen) atoms. The molecule has 0 aliphatic carbocycles. The van der Waals surface area contributed by atoms with Gasteiger partial charge in [0, 0.05) is 20.1 Å². The summed E-state index contributed by atoms with van der Waals surface area (Å²) in [4.78, 5) is 15.3. The molecule has 0 bridgehead atoms. The van der Waals surface area contributed by atoms with Crippen molar-refractivity contribution in [3.05, 3.63) is 0 Å². The molecule has 0 radical (unpaired) electrons. The molecule has 0 saturated carbocycles. The number of piperidine rings is 1. The number of carbonyl (C=O) groups is 1. The SMILES string of the molecule is CCN(C)C(=O)N1CCCCC1C(=N)N. The molecular weight excluding hydrogens is 192 g/mol. The largest absolute Gasteiger partial charge is 0.386 e. The first-order valence-electron chi connectivity index (χ1n) is 5.43. The van der Waals surface area contributed by atoms with Crippen LogP contribution in [0.5, 0.6) is 0 Å². The number of hydrogen-bond acceptors (Lipinski definition) is 2. The Morgan fingerprint density at radius 3 is 2.80 bits per heavy atom. The molecule has 2 amide bonds. The number of rotatable bonds is 2. The first-order valence-corrected chi connectivity index (χ1v) is 5.43. The van der Waals surface area contributed by atoms with Crippen LogP contribution in [0.3, 0.4) is 0 Å². The molecular formula is C10H20N4O. The maximum absolute atomic E-state index is 11.9. The number of urea groups is 1. The second-order valence-corrected chi connectivity index (χ2v) is 3.96. The second-order valence-electron chi connectivity index (χ2n) is 3.96. The highest BCUT2D eigenvalue weighted by molar-refractivity contribution is 5.87. The van der Waals surface area contributed by atoms with E-state index in [9.17, 15) is 4.79 Å². The van der Waals surface area contributed by atoms with Crippen LogP contribution >= 0.6 is 0 Å². The monoisotopic (exact) mass is 212 g/mol. The van der Waals surface area contributed by atoms with Gasteiger partial charge in [-0.25, -0.2) is 4.79 Å². The molecule has 0 aromatic rings. The summed E-state index contributed by atoms with van der Waals surface area (Å²) in [7, 11) is 1.77. The van der Waals surface area contributed by atoms with Crippen molar-refractivity contribution in [2.45, 2.75) is 32.2 Å². The highest BCUT2D eigenvalue weighted by Crippen LogP contribution is 2.18. The van der Waals surface area contributed by atoms with E-state index in [1.54, 1.807) is 16.8 Å². The van der Waals surface area contributed by atoms with E-state index in [1.807, 2.05) is 6.92 Å². The topological polar surface area (TPSA) is 73.4 Å². The number of nitrogens with zero attached hydrogens (tertiary/aromatic N) is 2. The van der Waals surface area contributed by atoms with Gasteiger partial charge in [-0.15, -0.1) is 0 Å². The first-order chi connectivity index (χ1) is 7.07. The minimum absolute atomic E-state index is 0.0163. The lowest BCUT2D eigenvalue weighted by molar-refractivity contribution is 0.142. The second kappa shape index (κ2) is 5.00.